The Balaban J connectivity index is 1.90. The molecule has 1 saturated heterocycles. The summed E-state index contributed by atoms with van der Waals surface area (Å²) in [5, 5.41) is 6.26. The first-order valence-electron chi connectivity index (χ1n) is 6.29. The molecule has 2 N–H and O–H groups in total. The van der Waals surface area contributed by atoms with Crippen LogP contribution in [-0.2, 0) is 4.79 Å². The highest BCUT2D eigenvalue weighted by Gasteiger charge is 2.17. The van der Waals surface area contributed by atoms with Gasteiger partial charge in [0.2, 0.25) is 5.91 Å². The zero-order valence-corrected chi connectivity index (χ0v) is 12.1. The van der Waals surface area contributed by atoms with E-state index in [-0.39, 0.29) is 5.91 Å². The molecule has 1 aromatic heterocycles. The van der Waals surface area contributed by atoms with E-state index in [1.54, 1.807) is 0 Å². The molecule has 5 heteroatoms. The second-order valence-corrected chi connectivity index (χ2v) is 5.54. The molecule has 1 aliphatic rings. The summed E-state index contributed by atoms with van der Waals surface area (Å²) in [6.07, 6.45) is 2.89. The number of hydrogen-bond donors (Lipinski definition) is 2. The smallest absolute Gasteiger partial charge is 0.224 e. The Labute approximate surface area is 116 Å². The molecule has 1 aliphatic heterocycles. The van der Waals surface area contributed by atoms with Crippen molar-refractivity contribution in [3.05, 3.63) is 22.4 Å². The van der Waals surface area contributed by atoms with Gasteiger partial charge in [0, 0.05) is 6.42 Å². The monoisotopic (exact) mass is 311 g/mol. The van der Waals surface area contributed by atoms with Gasteiger partial charge in [0.15, 0.2) is 0 Å². The van der Waals surface area contributed by atoms with Crippen LogP contribution in [0.2, 0.25) is 0 Å². The van der Waals surface area contributed by atoms with Gasteiger partial charge in [-0.15, -0.1) is 0 Å². The maximum Gasteiger partial charge on any atom is 0.224 e. The summed E-state index contributed by atoms with van der Waals surface area (Å²) in [5.41, 5.74) is 1.63. The summed E-state index contributed by atoms with van der Waals surface area (Å²) in [6.45, 7) is 3.92. The molecular formula is C13H18BrN3O. The molecule has 2 rings (SSSR count). The van der Waals surface area contributed by atoms with E-state index in [1.807, 2.05) is 19.1 Å². The number of nitrogens with one attached hydrogen (secondary N) is 2. The van der Waals surface area contributed by atoms with Gasteiger partial charge in [-0.2, -0.15) is 0 Å². The Bertz CT molecular complexity index is 430. The number of aryl methyl sites for hydroxylation is 1. The molecule has 0 aromatic carbocycles. The van der Waals surface area contributed by atoms with Crippen LogP contribution in [-0.4, -0.2) is 24.0 Å². The quantitative estimate of drug-likeness (QED) is 0.843. The van der Waals surface area contributed by atoms with Crippen LogP contribution in [0.15, 0.2) is 16.7 Å². The summed E-state index contributed by atoms with van der Waals surface area (Å²) < 4.78 is 0.787. The number of rotatable bonds is 3. The fourth-order valence-corrected chi connectivity index (χ4v) is 2.62. The number of pyridine rings is 1. The zero-order valence-electron chi connectivity index (χ0n) is 10.5. The second-order valence-electron chi connectivity index (χ2n) is 4.73. The van der Waals surface area contributed by atoms with Crippen LogP contribution < -0.4 is 10.6 Å². The molecule has 1 aromatic rings. The minimum Gasteiger partial charge on any atom is -0.324 e. The third kappa shape index (κ3) is 3.78. The van der Waals surface area contributed by atoms with E-state index in [4.69, 9.17) is 0 Å². The number of aromatic nitrogens is 1. The van der Waals surface area contributed by atoms with Gasteiger partial charge in [0.05, 0.1) is 11.4 Å². The van der Waals surface area contributed by atoms with E-state index in [1.165, 1.54) is 0 Å². The van der Waals surface area contributed by atoms with E-state index in [0.717, 1.165) is 41.9 Å². The SMILES string of the molecule is Cc1nc(Br)ccc1NC(=O)CC1CCCNC1. The molecule has 1 unspecified atom stereocenters. The van der Waals surface area contributed by atoms with Crippen molar-refractivity contribution in [1.29, 1.82) is 0 Å². The molecule has 0 saturated carbocycles. The summed E-state index contributed by atoms with van der Waals surface area (Å²) in [4.78, 5) is 16.2. The summed E-state index contributed by atoms with van der Waals surface area (Å²) in [5.74, 6) is 0.540. The predicted molar refractivity (Wildman–Crippen MR) is 75.5 cm³/mol. The Morgan fingerprint density at radius 1 is 1.61 bits per heavy atom. The largest absolute Gasteiger partial charge is 0.324 e. The van der Waals surface area contributed by atoms with Crippen molar-refractivity contribution in [3.8, 4) is 0 Å². The molecule has 98 valence electrons. The number of amides is 1. The number of carbonyl (C=O) groups excluding carboxylic acids is 1. The lowest BCUT2D eigenvalue weighted by atomic mass is 9.96. The zero-order chi connectivity index (χ0) is 13.0. The maximum absolute atomic E-state index is 11.9. The van der Waals surface area contributed by atoms with E-state index in [0.29, 0.717) is 12.3 Å². The highest BCUT2D eigenvalue weighted by Crippen LogP contribution is 2.18. The van der Waals surface area contributed by atoms with Gasteiger partial charge in [0.25, 0.3) is 0 Å². The van der Waals surface area contributed by atoms with Crippen molar-refractivity contribution in [1.82, 2.24) is 10.3 Å². The Morgan fingerprint density at radius 3 is 3.11 bits per heavy atom. The fourth-order valence-electron chi connectivity index (χ4n) is 2.22. The lowest BCUT2D eigenvalue weighted by Gasteiger charge is -2.22. The van der Waals surface area contributed by atoms with Crippen LogP contribution >= 0.6 is 15.9 Å². The van der Waals surface area contributed by atoms with Crippen molar-refractivity contribution in [2.45, 2.75) is 26.2 Å². The van der Waals surface area contributed by atoms with Crippen molar-refractivity contribution in [3.63, 3.8) is 0 Å². The molecular weight excluding hydrogens is 294 g/mol. The molecule has 0 spiro atoms. The maximum atomic E-state index is 11.9. The Hall–Kier alpha value is -0.940. The molecule has 0 aliphatic carbocycles. The predicted octanol–water partition coefficient (Wildman–Crippen LogP) is 2.48. The average molecular weight is 312 g/mol. The second kappa shape index (κ2) is 6.29. The van der Waals surface area contributed by atoms with Crippen LogP contribution in [0.25, 0.3) is 0 Å². The molecule has 1 amide bonds. The Kier molecular flexibility index (Phi) is 4.72. The minimum atomic E-state index is 0.0796. The normalized spacial score (nSPS) is 19.6. The molecule has 0 radical (unpaired) electrons. The van der Waals surface area contributed by atoms with Gasteiger partial charge >= 0.3 is 0 Å². The standard InChI is InChI=1S/C13H18BrN3O/c1-9-11(4-5-12(14)16-9)17-13(18)7-10-3-2-6-15-8-10/h4-5,10,15H,2-3,6-8H2,1H3,(H,17,18). The van der Waals surface area contributed by atoms with Crippen LogP contribution in [0.3, 0.4) is 0 Å². The lowest BCUT2D eigenvalue weighted by molar-refractivity contribution is -0.117. The van der Waals surface area contributed by atoms with Gasteiger partial charge in [-0.3, -0.25) is 4.79 Å². The van der Waals surface area contributed by atoms with E-state index in [9.17, 15) is 4.79 Å². The molecule has 2 heterocycles. The lowest BCUT2D eigenvalue weighted by Crippen LogP contribution is -2.32. The highest BCUT2D eigenvalue weighted by molar-refractivity contribution is 9.10. The molecule has 1 atom stereocenters. The van der Waals surface area contributed by atoms with Crippen LogP contribution in [0.5, 0.6) is 0 Å². The summed E-state index contributed by atoms with van der Waals surface area (Å²) in [6, 6.07) is 3.72. The number of carbonyl (C=O) groups is 1. The number of nitrogens with zero attached hydrogens (tertiary/aromatic N) is 1. The third-order valence-electron chi connectivity index (χ3n) is 3.20. The van der Waals surface area contributed by atoms with Crippen molar-refractivity contribution in [2.75, 3.05) is 18.4 Å². The van der Waals surface area contributed by atoms with Crippen LogP contribution in [0, 0.1) is 12.8 Å². The van der Waals surface area contributed by atoms with Crippen LogP contribution in [0.1, 0.15) is 25.0 Å². The molecule has 0 bridgehead atoms. The highest BCUT2D eigenvalue weighted by atomic mass is 79.9. The first kappa shape index (κ1) is 13.5. The summed E-state index contributed by atoms with van der Waals surface area (Å²) >= 11 is 3.31. The number of halogens is 1. The topological polar surface area (TPSA) is 54.0 Å². The van der Waals surface area contributed by atoms with Crippen molar-refractivity contribution in [2.24, 2.45) is 5.92 Å². The van der Waals surface area contributed by atoms with Crippen LogP contribution in [0.4, 0.5) is 5.69 Å². The van der Waals surface area contributed by atoms with Gasteiger partial charge in [0.1, 0.15) is 4.60 Å². The Morgan fingerprint density at radius 2 is 2.44 bits per heavy atom. The number of hydrogen-bond acceptors (Lipinski definition) is 3. The van der Waals surface area contributed by atoms with Crippen molar-refractivity contribution >= 4 is 27.5 Å². The van der Waals surface area contributed by atoms with Crippen molar-refractivity contribution < 1.29 is 4.79 Å². The van der Waals surface area contributed by atoms with E-state index < -0.39 is 0 Å². The van der Waals surface area contributed by atoms with Gasteiger partial charge in [-0.05, 0) is 66.8 Å². The number of piperidine rings is 1. The summed E-state index contributed by atoms with van der Waals surface area (Å²) in [7, 11) is 0. The molecule has 18 heavy (non-hydrogen) atoms. The first-order valence-corrected chi connectivity index (χ1v) is 7.08. The third-order valence-corrected chi connectivity index (χ3v) is 3.64. The van der Waals surface area contributed by atoms with Gasteiger partial charge in [-0.25, -0.2) is 4.98 Å². The van der Waals surface area contributed by atoms with E-state index >= 15 is 0 Å². The van der Waals surface area contributed by atoms with Gasteiger partial charge < -0.3 is 10.6 Å². The fraction of sp³-hybridized carbons (Fsp3) is 0.538. The number of anilines is 1. The first-order chi connectivity index (χ1) is 8.65. The average Bonchev–Trinajstić information content (AvgIpc) is 2.34. The minimum absolute atomic E-state index is 0.0796. The molecule has 1 fully saturated rings. The van der Waals surface area contributed by atoms with Gasteiger partial charge in [-0.1, -0.05) is 0 Å². The molecule has 4 nitrogen and oxygen atoms in total. The van der Waals surface area contributed by atoms with E-state index in [2.05, 4.69) is 31.5 Å².